The molecule has 0 aromatic carbocycles. The van der Waals surface area contributed by atoms with Crippen LogP contribution in [0.3, 0.4) is 0 Å². The molecule has 0 radical (unpaired) electrons. The Morgan fingerprint density at radius 1 is 1.64 bits per heavy atom. The zero-order valence-corrected chi connectivity index (χ0v) is 8.58. The predicted octanol–water partition coefficient (Wildman–Crippen LogP) is -0.897. The van der Waals surface area contributed by atoms with Crippen molar-refractivity contribution in [3.63, 3.8) is 0 Å². The van der Waals surface area contributed by atoms with Gasteiger partial charge in [-0.05, 0) is 12.5 Å². The maximum atomic E-state index is 11.0. The van der Waals surface area contributed by atoms with E-state index in [-0.39, 0.29) is 12.0 Å². The van der Waals surface area contributed by atoms with Crippen LogP contribution in [0, 0.1) is 0 Å². The second-order valence-corrected chi connectivity index (χ2v) is 4.52. The number of allylic oxidation sites excluding steroid dienone is 1. The van der Waals surface area contributed by atoms with Crippen LogP contribution in [-0.2, 0) is 19.2 Å². The molecule has 0 amide bonds. The van der Waals surface area contributed by atoms with Crippen molar-refractivity contribution < 1.29 is 22.6 Å². The fraction of sp³-hybridized carbons (Fsp3) is 0.571. The second-order valence-electron chi connectivity index (χ2n) is 2.88. The molecule has 0 aromatic rings. The molecular formula is C7H13NO5S. The molecule has 3 N–H and O–H groups in total. The number of hydrogen-bond acceptors (Lipinski definition) is 6. The lowest BCUT2D eigenvalue weighted by Crippen LogP contribution is -2.26. The van der Waals surface area contributed by atoms with Gasteiger partial charge in [-0.25, -0.2) is 0 Å². The smallest absolute Gasteiger partial charge is 0.285 e. The third-order valence-electron chi connectivity index (χ3n) is 1.44. The van der Waals surface area contributed by atoms with Gasteiger partial charge in [0.25, 0.3) is 10.1 Å². The van der Waals surface area contributed by atoms with E-state index >= 15 is 0 Å². The summed E-state index contributed by atoms with van der Waals surface area (Å²) in [5, 5.41) is 9.16. The number of carbonyl (C=O) groups is 1. The van der Waals surface area contributed by atoms with Crippen LogP contribution >= 0.6 is 0 Å². The van der Waals surface area contributed by atoms with Crippen LogP contribution in [0.4, 0.5) is 0 Å². The molecular weight excluding hydrogens is 210 g/mol. The highest BCUT2D eigenvalue weighted by atomic mass is 32.2. The molecule has 0 bridgehead atoms. The third-order valence-corrected chi connectivity index (χ3v) is 2.53. The summed E-state index contributed by atoms with van der Waals surface area (Å²) in [7, 11) is -3.94. The van der Waals surface area contributed by atoms with Crippen molar-refractivity contribution in [2.24, 2.45) is 5.90 Å². The molecule has 0 saturated heterocycles. The molecule has 0 aliphatic carbocycles. The summed E-state index contributed by atoms with van der Waals surface area (Å²) in [5.74, 6) is 3.34. The fourth-order valence-electron chi connectivity index (χ4n) is 0.722. The Bertz CT molecular complexity index is 321. The van der Waals surface area contributed by atoms with Crippen molar-refractivity contribution in [1.29, 1.82) is 0 Å². The highest BCUT2D eigenvalue weighted by Crippen LogP contribution is 2.03. The Balaban J connectivity index is 4.19. The lowest BCUT2D eigenvalue weighted by atomic mass is 10.1. The van der Waals surface area contributed by atoms with Crippen molar-refractivity contribution >= 4 is 15.9 Å². The summed E-state index contributed by atoms with van der Waals surface area (Å²) >= 11 is 0. The molecule has 1 atom stereocenters. The monoisotopic (exact) mass is 223 g/mol. The molecule has 0 aromatic heterocycles. The zero-order chi connectivity index (χ0) is 11.4. The molecule has 82 valence electrons. The summed E-state index contributed by atoms with van der Waals surface area (Å²) in [5.41, 5.74) is 0.259. The number of aliphatic hydroxyl groups excluding tert-OH is 1. The summed E-state index contributed by atoms with van der Waals surface area (Å²) in [6.45, 7) is 4.83. The first kappa shape index (κ1) is 13.2. The summed E-state index contributed by atoms with van der Waals surface area (Å²) in [4.78, 5) is 11.0. The maximum Gasteiger partial charge on any atom is 0.285 e. The largest absolute Gasteiger partial charge is 0.392 e. The van der Waals surface area contributed by atoms with Gasteiger partial charge in [-0.3, -0.25) is 4.79 Å². The highest BCUT2D eigenvalue weighted by Gasteiger charge is 2.19. The van der Waals surface area contributed by atoms with E-state index in [0.29, 0.717) is 0 Å². The highest BCUT2D eigenvalue weighted by molar-refractivity contribution is 7.86. The maximum absolute atomic E-state index is 11.0. The zero-order valence-electron chi connectivity index (χ0n) is 7.76. The van der Waals surface area contributed by atoms with E-state index in [4.69, 9.17) is 5.11 Å². The van der Waals surface area contributed by atoms with Crippen LogP contribution in [0.5, 0.6) is 0 Å². The minimum atomic E-state index is -3.94. The van der Waals surface area contributed by atoms with Crippen molar-refractivity contribution in [3.8, 4) is 0 Å². The van der Waals surface area contributed by atoms with E-state index in [2.05, 4.69) is 16.8 Å². The minimum absolute atomic E-state index is 0.259. The number of aliphatic hydroxyl groups is 1. The first-order valence-electron chi connectivity index (χ1n) is 3.76. The molecule has 6 nitrogen and oxygen atoms in total. The van der Waals surface area contributed by atoms with Gasteiger partial charge < -0.3 is 5.11 Å². The van der Waals surface area contributed by atoms with Crippen LogP contribution < -0.4 is 5.90 Å². The van der Waals surface area contributed by atoms with Crippen LogP contribution in [0.15, 0.2) is 12.2 Å². The Hall–Kier alpha value is -0.760. The van der Waals surface area contributed by atoms with Gasteiger partial charge in [-0.15, -0.1) is 0 Å². The average molecular weight is 223 g/mol. The molecule has 0 fully saturated rings. The van der Waals surface area contributed by atoms with Gasteiger partial charge in [0.2, 0.25) is 0 Å². The van der Waals surface area contributed by atoms with Gasteiger partial charge in [0.05, 0.1) is 6.10 Å². The topological polar surface area (TPSA) is 107 Å². The number of carbonyl (C=O) groups excluding carboxylic acids is 1. The van der Waals surface area contributed by atoms with Crippen LogP contribution in [-0.4, -0.2) is 31.2 Å². The van der Waals surface area contributed by atoms with E-state index in [1.165, 1.54) is 6.92 Å². The molecule has 7 heteroatoms. The first-order chi connectivity index (χ1) is 6.28. The van der Waals surface area contributed by atoms with E-state index < -0.39 is 27.8 Å². The van der Waals surface area contributed by atoms with Crippen molar-refractivity contribution in [3.05, 3.63) is 12.2 Å². The van der Waals surface area contributed by atoms with Gasteiger partial charge in [0.1, 0.15) is 5.75 Å². The second kappa shape index (κ2) is 5.20. The molecule has 0 spiro atoms. The predicted molar refractivity (Wildman–Crippen MR) is 49.5 cm³/mol. The normalized spacial score (nSPS) is 13.6. The first-order valence-corrected chi connectivity index (χ1v) is 5.34. The average Bonchev–Trinajstić information content (AvgIpc) is 2.02. The Morgan fingerprint density at radius 2 is 2.14 bits per heavy atom. The fourth-order valence-corrected chi connectivity index (χ4v) is 1.39. The molecule has 0 heterocycles. The number of rotatable bonds is 6. The standard InChI is InChI=1S/C7H13NO5S/c1-5(2)7(10)3-6(9)4-14(11,12)13-8/h6,9H,1,3-4,8H2,2H3. The molecule has 0 aliphatic rings. The van der Waals surface area contributed by atoms with Gasteiger partial charge in [-0.1, -0.05) is 6.58 Å². The summed E-state index contributed by atoms with van der Waals surface area (Å²) < 4.78 is 25.1. The minimum Gasteiger partial charge on any atom is -0.392 e. The van der Waals surface area contributed by atoms with Crippen LogP contribution in [0.2, 0.25) is 0 Å². The number of ketones is 1. The SMILES string of the molecule is C=C(C)C(=O)CC(O)CS(=O)(=O)ON. The lowest BCUT2D eigenvalue weighted by molar-refractivity contribution is -0.117. The van der Waals surface area contributed by atoms with E-state index in [0.717, 1.165) is 0 Å². The molecule has 0 rings (SSSR count). The number of nitrogens with two attached hydrogens (primary N) is 1. The Kier molecular flexibility index (Phi) is 4.92. The van der Waals surface area contributed by atoms with Gasteiger partial charge >= 0.3 is 0 Å². The molecule has 14 heavy (non-hydrogen) atoms. The van der Waals surface area contributed by atoms with Gasteiger partial charge in [0.15, 0.2) is 5.78 Å². The van der Waals surface area contributed by atoms with Crippen molar-refractivity contribution in [2.45, 2.75) is 19.4 Å². The van der Waals surface area contributed by atoms with Gasteiger partial charge in [-0.2, -0.15) is 18.6 Å². The quantitative estimate of drug-likeness (QED) is 0.446. The van der Waals surface area contributed by atoms with Crippen molar-refractivity contribution in [1.82, 2.24) is 0 Å². The molecule has 0 aliphatic heterocycles. The third kappa shape index (κ3) is 5.07. The Labute approximate surface area is 82.4 Å². The number of hydrogen-bond donors (Lipinski definition) is 2. The summed E-state index contributed by atoms with van der Waals surface area (Å²) in [6.07, 6.45) is -1.63. The molecule has 1 unspecified atom stereocenters. The molecule has 0 saturated carbocycles. The lowest BCUT2D eigenvalue weighted by Gasteiger charge is -2.08. The van der Waals surface area contributed by atoms with Gasteiger partial charge in [0, 0.05) is 6.42 Å². The summed E-state index contributed by atoms with van der Waals surface area (Å²) in [6, 6.07) is 0. The van der Waals surface area contributed by atoms with Crippen molar-refractivity contribution in [2.75, 3.05) is 5.75 Å². The van der Waals surface area contributed by atoms with E-state index in [1.54, 1.807) is 0 Å². The van der Waals surface area contributed by atoms with E-state index in [1.807, 2.05) is 0 Å². The van der Waals surface area contributed by atoms with E-state index in [9.17, 15) is 13.2 Å². The number of Topliss-reactive ketones (excluding diaryl/α,β-unsaturated/α-hetero) is 1. The van der Waals surface area contributed by atoms with Crippen LogP contribution in [0.1, 0.15) is 13.3 Å². The Morgan fingerprint density at radius 3 is 2.50 bits per heavy atom. The van der Waals surface area contributed by atoms with Crippen LogP contribution in [0.25, 0.3) is 0 Å².